The molecular weight excluding hydrogens is 1460 g/mol. The van der Waals surface area contributed by atoms with Crippen LogP contribution in [0.3, 0.4) is 0 Å². The van der Waals surface area contributed by atoms with Crippen molar-refractivity contribution < 1.29 is 66.8 Å². The zero-order valence-electron chi connectivity index (χ0n) is 73.2. The van der Waals surface area contributed by atoms with Gasteiger partial charge in [0.15, 0.2) is 0 Å². The average Bonchev–Trinajstić information content (AvgIpc) is 0.759. The molecule has 3 aromatic rings. The number of likely N-dealkylation sites (tertiary alicyclic amines) is 3. The highest BCUT2D eigenvalue weighted by Gasteiger charge is 2.49. The van der Waals surface area contributed by atoms with Crippen LogP contribution in [0.15, 0.2) is 73.6 Å². The van der Waals surface area contributed by atoms with Gasteiger partial charge in [-0.1, -0.05) is 0 Å². The van der Waals surface area contributed by atoms with Gasteiger partial charge in [-0.15, -0.1) is 0 Å². The van der Waals surface area contributed by atoms with Gasteiger partial charge in [0.2, 0.25) is 23.6 Å². The molecule has 0 unspecified atom stereocenters. The van der Waals surface area contributed by atoms with Gasteiger partial charge in [-0.3, -0.25) is 34.1 Å². The Morgan fingerprint density at radius 2 is 0.696 bits per heavy atom. The lowest BCUT2D eigenvalue weighted by atomic mass is 9.72. The number of hydrogen-bond donors (Lipinski definition) is 2. The predicted octanol–water partition coefficient (Wildman–Crippen LogP) is 15.0. The van der Waals surface area contributed by atoms with Crippen molar-refractivity contribution in [3.63, 3.8) is 0 Å². The second-order valence-corrected chi connectivity index (χ2v) is 38.7. The summed E-state index contributed by atoms with van der Waals surface area (Å²) < 4.78 is 27.1. The highest BCUT2D eigenvalue weighted by molar-refractivity contribution is 5.81. The summed E-state index contributed by atoms with van der Waals surface area (Å²) in [4.78, 5) is 136. The molecular formula is C89H142N12O14. The molecule has 3 aliphatic heterocycles. The van der Waals surface area contributed by atoms with E-state index in [1.54, 1.807) is 77.5 Å². The molecule has 642 valence electrons. The highest BCUT2D eigenvalue weighted by atomic mass is 16.6. The van der Waals surface area contributed by atoms with Gasteiger partial charge >= 0.3 is 30.5 Å². The first-order chi connectivity index (χ1) is 53.9. The van der Waals surface area contributed by atoms with Crippen LogP contribution in [0.5, 0.6) is 0 Å². The Morgan fingerprint density at radius 1 is 0.391 bits per heavy atom. The van der Waals surface area contributed by atoms with Gasteiger partial charge in [0.05, 0.1) is 0 Å². The fraction of sp³-hybridized carbons (Fsp3) is 0.730. The van der Waals surface area contributed by atoms with E-state index in [4.69, 9.17) is 23.7 Å². The van der Waals surface area contributed by atoms with Crippen LogP contribution < -0.4 is 10.6 Å². The molecule has 0 atom stereocenters. The number of piperidine rings is 1. The molecule has 115 heavy (non-hydrogen) atoms. The minimum Gasteiger partial charge on any atom is -0.444 e. The summed E-state index contributed by atoms with van der Waals surface area (Å²) in [5.41, 5.74) is 1.27. The fourth-order valence-corrected chi connectivity index (χ4v) is 16.2. The third-order valence-electron chi connectivity index (χ3n) is 22.7. The van der Waals surface area contributed by atoms with E-state index < -0.39 is 28.0 Å². The smallest absolute Gasteiger partial charge is 0.410 e. The van der Waals surface area contributed by atoms with Crippen molar-refractivity contribution in [2.75, 3.05) is 100 Å². The van der Waals surface area contributed by atoms with Gasteiger partial charge < -0.3 is 68.6 Å². The first-order valence-corrected chi connectivity index (χ1v) is 42.4. The number of nitrogens with one attached hydrogen (secondary N) is 2. The quantitative estimate of drug-likeness (QED) is 0.112. The summed E-state index contributed by atoms with van der Waals surface area (Å²) in [6.07, 6.45) is 26.9. The number of carbonyl (C=O) groups excluding carboxylic acids is 9. The van der Waals surface area contributed by atoms with E-state index in [-0.39, 0.29) is 77.3 Å². The van der Waals surface area contributed by atoms with Crippen LogP contribution in [-0.4, -0.2) is 232 Å². The van der Waals surface area contributed by atoms with Crippen molar-refractivity contribution in [1.82, 2.24) is 59.9 Å². The van der Waals surface area contributed by atoms with Crippen LogP contribution in [-0.2, 0) is 55.8 Å². The molecule has 1 spiro atoms. The number of ether oxygens (including phenoxy) is 5. The molecule has 7 fully saturated rings. The fourth-order valence-electron chi connectivity index (χ4n) is 16.2. The lowest BCUT2D eigenvalue weighted by Crippen LogP contribution is -2.63. The molecule has 0 radical (unpaired) electrons. The molecule has 9 amide bonds. The zero-order valence-corrected chi connectivity index (χ0v) is 73.2. The molecule has 4 aliphatic carbocycles. The Balaban J connectivity index is 0.000000213. The maximum absolute atomic E-state index is 13.2. The van der Waals surface area contributed by atoms with Gasteiger partial charge in [-0.25, -0.2) is 24.0 Å². The molecule has 0 aromatic carbocycles. The van der Waals surface area contributed by atoms with Crippen molar-refractivity contribution in [2.45, 2.75) is 266 Å². The average molecular weight is 1600 g/mol. The Kier molecular flexibility index (Phi) is 34.8. The SMILES string of the molecule is CN(CC1CCC(C(=O)N2CC(c3ccncc3)C2)CC1)C(=O)OC(C)(C)C.CN(CC1CCC(C(=O)N2CCC3(CC2)CN(C(=O)OC(C)(C)C)C3)CC1)C(=O)OC(C)(C)C.CN(CC1CCC(C(=O)NCCc2ccncc2)CC1)C(=O)OC(C)(C)C.CN(CC1CCC(C(=O)NCc2ccncc2)CC1)C(=O)OC(C)(C)C. The second-order valence-electron chi connectivity index (χ2n) is 38.7. The van der Waals surface area contributed by atoms with Gasteiger partial charge in [0, 0.05) is 179 Å². The van der Waals surface area contributed by atoms with E-state index in [1.165, 1.54) is 11.1 Å². The molecule has 7 aliphatic rings. The lowest BCUT2D eigenvalue weighted by Gasteiger charge is -2.53. The molecule has 3 saturated heterocycles. The molecule has 6 heterocycles. The number of pyridine rings is 3. The first kappa shape index (κ1) is 93.8. The second kappa shape index (κ2) is 42.7. The van der Waals surface area contributed by atoms with E-state index in [0.717, 1.165) is 167 Å². The molecule has 2 N–H and O–H groups in total. The Labute approximate surface area is 687 Å². The van der Waals surface area contributed by atoms with E-state index in [2.05, 4.69) is 25.6 Å². The molecule has 0 bridgehead atoms. The van der Waals surface area contributed by atoms with Gasteiger partial charge in [-0.05, 0) is 303 Å². The van der Waals surface area contributed by atoms with Crippen molar-refractivity contribution in [1.29, 1.82) is 0 Å². The number of carbonyl (C=O) groups is 9. The van der Waals surface area contributed by atoms with Crippen molar-refractivity contribution in [3.05, 3.63) is 90.3 Å². The monoisotopic (exact) mass is 1600 g/mol. The third-order valence-corrected chi connectivity index (χ3v) is 22.7. The maximum atomic E-state index is 13.2. The summed E-state index contributed by atoms with van der Waals surface area (Å²) in [6.45, 7) is 36.8. The van der Waals surface area contributed by atoms with E-state index in [9.17, 15) is 43.2 Å². The van der Waals surface area contributed by atoms with Gasteiger partial charge in [-0.2, -0.15) is 0 Å². The van der Waals surface area contributed by atoms with E-state index in [1.807, 2.05) is 162 Å². The van der Waals surface area contributed by atoms with Gasteiger partial charge in [0.1, 0.15) is 28.0 Å². The number of nitrogens with zero attached hydrogens (tertiary/aromatic N) is 10. The summed E-state index contributed by atoms with van der Waals surface area (Å²) in [5.74, 6) is 3.45. The topological polar surface area (TPSA) is 285 Å². The van der Waals surface area contributed by atoms with Crippen LogP contribution in [0, 0.1) is 52.8 Å². The van der Waals surface area contributed by atoms with Crippen LogP contribution in [0.1, 0.15) is 242 Å². The zero-order chi connectivity index (χ0) is 84.6. The number of hydrogen-bond acceptors (Lipinski definition) is 17. The first-order valence-electron chi connectivity index (χ1n) is 42.4. The van der Waals surface area contributed by atoms with E-state index >= 15 is 0 Å². The minimum atomic E-state index is -0.490. The van der Waals surface area contributed by atoms with Crippen molar-refractivity contribution in [2.24, 2.45) is 52.8 Å². The summed E-state index contributed by atoms with van der Waals surface area (Å²) in [6, 6.07) is 11.8. The minimum absolute atomic E-state index is 0.0694. The van der Waals surface area contributed by atoms with Crippen molar-refractivity contribution in [3.8, 4) is 0 Å². The Bertz CT molecular complexity index is 3540. The van der Waals surface area contributed by atoms with Crippen LogP contribution in [0.25, 0.3) is 0 Å². The standard InChI is InChI=1S/C26H45N3O5.C22H33N3O3.C21H33N3O3.C20H31N3O3/c1-24(2,3)33-22(31)27(7)16-19-8-10-20(11-9-19)21(30)28-14-12-26(13-15-28)17-29(18-26)23(32)34-25(4,5)6;1-22(2,3)28-21(27)24(4)13-16-5-7-18(8-6-16)20(26)25-14-19(15-25)17-9-11-23-12-10-17;1-21(2,3)27-20(26)24(4)15-17-5-7-18(8-6-17)19(25)23-14-11-16-9-12-22-13-10-16;1-20(2,3)26-19(25)23(4)14-16-5-7-17(8-6-16)18(24)22-13-15-9-11-21-12-10-15/h19-20H,8-18H2,1-7H3;9-12,16,18-19H,5-8,13-15H2,1-4H3;9-10,12-13,17-18H,5-8,11,14-15H2,1-4H3,(H,23,25);9-12,16-17H,5-8,13-14H2,1-4H3,(H,22,24). The number of aromatic nitrogens is 3. The summed E-state index contributed by atoms with van der Waals surface area (Å²) in [5, 5.41) is 6.07. The largest absolute Gasteiger partial charge is 0.444 e. The Morgan fingerprint density at radius 3 is 1.03 bits per heavy atom. The van der Waals surface area contributed by atoms with E-state index in [0.29, 0.717) is 74.8 Å². The third kappa shape index (κ3) is 32.9. The number of amides is 9. The van der Waals surface area contributed by atoms with Crippen LogP contribution >= 0.6 is 0 Å². The summed E-state index contributed by atoms with van der Waals surface area (Å²) in [7, 11) is 7.15. The normalized spacial score (nSPS) is 22.3. The number of rotatable bonds is 18. The molecule has 26 heteroatoms. The maximum Gasteiger partial charge on any atom is 0.410 e. The lowest BCUT2D eigenvalue weighted by molar-refractivity contribution is -0.142. The van der Waals surface area contributed by atoms with Gasteiger partial charge in [0.25, 0.3) is 0 Å². The summed E-state index contributed by atoms with van der Waals surface area (Å²) >= 11 is 0. The van der Waals surface area contributed by atoms with Crippen molar-refractivity contribution >= 4 is 54.1 Å². The van der Waals surface area contributed by atoms with Crippen LogP contribution in [0.2, 0.25) is 0 Å². The molecule has 10 rings (SSSR count). The molecule has 3 aromatic heterocycles. The molecule has 4 saturated carbocycles. The highest BCUT2D eigenvalue weighted by Crippen LogP contribution is 2.43. The predicted molar refractivity (Wildman–Crippen MR) is 444 cm³/mol. The molecule has 26 nitrogen and oxygen atoms in total. The van der Waals surface area contributed by atoms with Crippen LogP contribution in [0.4, 0.5) is 24.0 Å². The Hall–Kier alpha value is -8.32.